The highest BCUT2D eigenvalue weighted by Crippen LogP contribution is 2.34. The number of nitrogens with one attached hydrogen (secondary N) is 1. The highest BCUT2D eigenvalue weighted by atomic mass is 32.2. The zero-order valence-corrected chi connectivity index (χ0v) is 18.7. The number of urea groups is 1. The number of amides is 2. The minimum absolute atomic E-state index is 0.143. The first kappa shape index (κ1) is 21.9. The highest BCUT2D eigenvalue weighted by Gasteiger charge is 2.22. The van der Waals surface area contributed by atoms with Crippen LogP contribution in [-0.2, 0) is 17.1 Å². The van der Waals surface area contributed by atoms with E-state index in [-0.39, 0.29) is 22.4 Å². The molecule has 1 aromatic heterocycles. The van der Waals surface area contributed by atoms with Crippen LogP contribution in [0.5, 0.6) is 5.75 Å². The van der Waals surface area contributed by atoms with Crippen molar-refractivity contribution < 1.29 is 17.9 Å². The third-order valence-corrected chi connectivity index (χ3v) is 5.71. The molecule has 2 aromatic carbocycles. The Bertz CT molecular complexity index is 1220. The number of thiol groups is 1. The number of benzene rings is 2. The van der Waals surface area contributed by atoms with Crippen LogP contribution < -0.4 is 19.5 Å². The first-order valence-electron chi connectivity index (χ1n) is 9.04. The van der Waals surface area contributed by atoms with Crippen molar-refractivity contribution in [2.75, 3.05) is 9.62 Å². The van der Waals surface area contributed by atoms with E-state index in [2.05, 4.69) is 23.1 Å². The molecule has 3 N–H and O–H groups in total. The smallest absolute Gasteiger partial charge is 0.336 e. The van der Waals surface area contributed by atoms with E-state index in [1.54, 1.807) is 12.1 Å². The van der Waals surface area contributed by atoms with E-state index in [1.165, 1.54) is 18.2 Å². The maximum Gasteiger partial charge on any atom is 0.336 e. The predicted molar refractivity (Wildman–Crippen MR) is 120 cm³/mol. The average Bonchev–Trinajstić information content (AvgIpc) is 2.95. The molecule has 160 valence electrons. The number of hydrogen-bond donors (Lipinski definition) is 3. The van der Waals surface area contributed by atoms with E-state index in [9.17, 15) is 13.2 Å². The van der Waals surface area contributed by atoms with Gasteiger partial charge in [0.1, 0.15) is 17.3 Å². The van der Waals surface area contributed by atoms with E-state index >= 15 is 0 Å². The highest BCUT2D eigenvalue weighted by molar-refractivity contribution is 7.89. The molecule has 0 aliphatic carbocycles. The van der Waals surface area contributed by atoms with Crippen LogP contribution >= 0.6 is 12.8 Å². The third-order valence-electron chi connectivity index (χ3n) is 4.40. The molecule has 30 heavy (non-hydrogen) atoms. The number of ether oxygens (including phenoxy) is 1. The largest absolute Gasteiger partial charge is 0.489 e. The molecule has 0 unspecified atom stereocenters. The second kappa shape index (κ2) is 8.17. The standard InChI is InChI=1S/C19H23N5O4S2/c1-11(2)28-17-9-8-13(30(20,26)27)10-16(17)24(29)19(25)22-15-7-5-6-14-18(15)23(4)12(3)21-14/h5-11,29H,1-4H3,(H,22,25)(H2,20,26,27). The number of aryl methyl sites for hydroxylation is 2. The number of fused-ring (bicyclic) bond motifs is 1. The first-order valence-corrected chi connectivity index (χ1v) is 11.0. The van der Waals surface area contributed by atoms with Crippen molar-refractivity contribution >= 4 is 51.3 Å². The lowest BCUT2D eigenvalue weighted by Crippen LogP contribution is -2.28. The molecule has 0 atom stereocenters. The van der Waals surface area contributed by atoms with Gasteiger partial charge in [-0.15, -0.1) is 0 Å². The first-order chi connectivity index (χ1) is 14.0. The van der Waals surface area contributed by atoms with Gasteiger partial charge in [-0.05, 0) is 51.1 Å². The van der Waals surface area contributed by atoms with Gasteiger partial charge in [0.15, 0.2) is 0 Å². The van der Waals surface area contributed by atoms with Gasteiger partial charge < -0.3 is 14.6 Å². The molecule has 11 heteroatoms. The van der Waals surface area contributed by atoms with Crippen LogP contribution in [0.4, 0.5) is 16.2 Å². The minimum atomic E-state index is -3.98. The molecule has 9 nitrogen and oxygen atoms in total. The molecule has 0 spiro atoms. The number of primary sulfonamides is 1. The SMILES string of the molecule is Cc1nc2cccc(NC(=O)N(S)c3cc(S(N)(=O)=O)ccc3OC(C)C)c2n1C. The van der Waals surface area contributed by atoms with Gasteiger partial charge in [-0.3, -0.25) is 0 Å². The van der Waals surface area contributed by atoms with E-state index in [0.29, 0.717) is 5.69 Å². The molecular formula is C19H23N5O4S2. The van der Waals surface area contributed by atoms with Crippen LogP contribution in [0.1, 0.15) is 19.7 Å². The normalized spacial score (nSPS) is 11.7. The summed E-state index contributed by atoms with van der Waals surface area (Å²) in [6.07, 6.45) is -0.208. The van der Waals surface area contributed by atoms with Crippen molar-refractivity contribution in [1.29, 1.82) is 0 Å². The zero-order valence-electron chi connectivity index (χ0n) is 16.9. The summed E-state index contributed by atoms with van der Waals surface area (Å²) >= 11 is 4.29. The van der Waals surface area contributed by atoms with Crippen LogP contribution in [0, 0.1) is 6.92 Å². The number of aromatic nitrogens is 2. The molecule has 0 aliphatic heterocycles. The second-order valence-electron chi connectivity index (χ2n) is 6.97. The number of sulfonamides is 1. The zero-order chi connectivity index (χ0) is 22.2. The molecule has 3 aromatic rings. The van der Waals surface area contributed by atoms with Gasteiger partial charge in [-0.1, -0.05) is 18.9 Å². The predicted octanol–water partition coefficient (Wildman–Crippen LogP) is 3.20. The quantitative estimate of drug-likeness (QED) is 0.517. The lowest BCUT2D eigenvalue weighted by molar-refractivity contribution is 0.242. The van der Waals surface area contributed by atoms with Crippen LogP contribution in [-0.4, -0.2) is 30.1 Å². The molecule has 0 saturated heterocycles. The summed E-state index contributed by atoms with van der Waals surface area (Å²) in [6.45, 7) is 5.49. The summed E-state index contributed by atoms with van der Waals surface area (Å²) in [5, 5.41) is 8.03. The minimum Gasteiger partial charge on any atom is -0.489 e. The van der Waals surface area contributed by atoms with E-state index in [4.69, 9.17) is 9.88 Å². The number of para-hydroxylation sites is 1. The van der Waals surface area contributed by atoms with E-state index in [1.807, 2.05) is 38.5 Å². The summed E-state index contributed by atoms with van der Waals surface area (Å²) in [7, 11) is -2.13. The Balaban J connectivity index is 2.00. The molecular weight excluding hydrogens is 426 g/mol. The van der Waals surface area contributed by atoms with Crippen LogP contribution in [0.2, 0.25) is 0 Å². The van der Waals surface area contributed by atoms with Crippen LogP contribution in [0.25, 0.3) is 11.0 Å². The lowest BCUT2D eigenvalue weighted by atomic mass is 10.2. The fraction of sp³-hybridized carbons (Fsp3) is 0.263. The number of nitrogens with zero attached hydrogens (tertiary/aromatic N) is 3. The Morgan fingerprint density at radius 2 is 2.00 bits per heavy atom. The third kappa shape index (κ3) is 4.37. The molecule has 1 heterocycles. The topological polar surface area (TPSA) is 120 Å². The summed E-state index contributed by atoms with van der Waals surface area (Å²) in [5.74, 6) is 1.08. The summed E-state index contributed by atoms with van der Waals surface area (Å²) < 4.78 is 32.1. The number of carbonyl (C=O) groups is 1. The van der Waals surface area contributed by atoms with Crippen LogP contribution in [0.15, 0.2) is 41.3 Å². The Hall–Kier alpha value is -2.76. The summed E-state index contributed by atoms with van der Waals surface area (Å²) in [6, 6.07) is 8.77. The number of hydrogen-bond acceptors (Lipinski definition) is 6. The van der Waals surface area contributed by atoms with Gasteiger partial charge in [-0.25, -0.2) is 27.6 Å². The maximum absolute atomic E-state index is 12.9. The van der Waals surface area contributed by atoms with Gasteiger partial charge in [0.05, 0.1) is 27.7 Å². The Labute approximate surface area is 180 Å². The second-order valence-corrected chi connectivity index (χ2v) is 8.94. The summed E-state index contributed by atoms with van der Waals surface area (Å²) in [5.41, 5.74) is 2.17. The number of anilines is 2. The molecule has 0 bridgehead atoms. The molecule has 0 saturated carbocycles. The average molecular weight is 450 g/mol. The number of nitrogens with two attached hydrogens (primary N) is 1. The maximum atomic E-state index is 12.9. The van der Waals surface area contributed by atoms with Gasteiger partial charge >= 0.3 is 6.03 Å². The van der Waals surface area contributed by atoms with Gasteiger partial charge in [-0.2, -0.15) is 0 Å². The monoisotopic (exact) mass is 449 g/mol. The number of rotatable bonds is 5. The van der Waals surface area contributed by atoms with Crippen molar-refractivity contribution in [3.05, 3.63) is 42.2 Å². The van der Waals surface area contributed by atoms with E-state index < -0.39 is 16.1 Å². The van der Waals surface area contributed by atoms with Gasteiger partial charge in [0.25, 0.3) is 0 Å². The number of carbonyl (C=O) groups excluding carboxylic acids is 1. The lowest BCUT2D eigenvalue weighted by Gasteiger charge is -2.22. The fourth-order valence-electron chi connectivity index (χ4n) is 2.96. The Kier molecular flexibility index (Phi) is 5.97. The van der Waals surface area contributed by atoms with Crippen LogP contribution in [0.3, 0.4) is 0 Å². The molecule has 3 rings (SSSR count). The Morgan fingerprint density at radius 3 is 2.63 bits per heavy atom. The van der Waals surface area contributed by atoms with Gasteiger partial charge in [0.2, 0.25) is 10.0 Å². The summed E-state index contributed by atoms with van der Waals surface area (Å²) in [4.78, 5) is 17.2. The van der Waals surface area contributed by atoms with Crippen molar-refractivity contribution in [1.82, 2.24) is 9.55 Å². The molecule has 2 amide bonds. The van der Waals surface area contributed by atoms with Crippen molar-refractivity contribution in [2.24, 2.45) is 12.2 Å². The fourth-order valence-corrected chi connectivity index (χ4v) is 3.70. The Morgan fingerprint density at radius 1 is 1.30 bits per heavy atom. The number of imidazole rings is 1. The van der Waals surface area contributed by atoms with Gasteiger partial charge in [0, 0.05) is 7.05 Å². The van der Waals surface area contributed by atoms with Crippen molar-refractivity contribution in [2.45, 2.75) is 31.8 Å². The van der Waals surface area contributed by atoms with E-state index in [0.717, 1.165) is 21.2 Å². The molecule has 0 radical (unpaired) electrons. The van der Waals surface area contributed by atoms with Crippen molar-refractivity contribution in [3.63, 3.8) is 0 Å². The molecule has 0 fully saturated rings. The van der Waals surface area contributed by atoms with Crippen molar-refractivity contribution in [3.8, 4) is 5.75 Å². The molecule has 0 aliphatic rings.